The van der Waals surface area contributed by atoms with Crippen molar-refractivity contribution in [2.24, 2.45) is 0 Å². The SMILES string of the molecule is [C-]1=CC=CC1.[CH3-].[CH3-].[H-].[Ti+4]. The molecule has 0 saturated heterocycles. The maximum atomic E-state index is 2.99. The molecule has 1 heteroatoms. The molecule has 0 heterocycles. The summed E-state index contributed by atoms with van der Waals surface area (Å²) in [4.78, 5) is 0. The van der Waals surface area contributed by atoms with Crippen molar-refractivity contribution in [3.63, 3.8) is 0 Å². The van der Waals surface area contributed by atoms with Crippen molar-refractivity contribution in [2.75, 3.05) is 0 Å². The van der Waals surface area contributed by atoms with Gasteiger partial charge >= 0.3 is 21.7 Å². The first-order valence-electron chi connectivity index (χ1n) is 1.72. The third kappa shape index (κ3) is 6.19. The fourth-order valence-electron chi connectivity index (χ4n) is 0.340. The van der Waals surface area contributed by atoms with E-state index in [9.17, 15) is 0 Å². The predicted molar refractivity (Wildman–Crippen MR) is 35.5 cm³/mol. The van der Waals surface area contributed by atoms with Crippen LogP contribution in [0.2, 0.25) is 0 Å². The van der Waals surface area contributed by atoms with Crippen LogP contribution in [0, 0.1) is 20.9 Å². The third-order valence-corrected chi connectivity index (χ3v) is 0.586. The molecular weight excluding hydrogens is 132 g/mol. The minimum atomic E-state index is 0. The number of rotatable bonds is 0. The Balaban J connectivity index is -0.0000000312. The Morgan fingerprint density at radius 3 is 2.12 bits per heavy atom. The van der Waals surface area contributed by atoms with E-state index in [0.29, 0.717) is 0 Å². The molecule has 1 aliphatic carbocycles. The molecule has 0 aromatic carbocycles. The first-order chi connectivity index (χ1) is 2.50. The van der Waals surface area contributed by atoms with Crippen LogP contribution in [0.5, 0.6) is 0 Å². The average Bonchev–Trinajstić information content (AvgIpc) is 1.76. The second-order valence-corrected chi connectivity index (χ2v) is 1.00. The molecule has 0 aliphatic heterocycles. The van der Waals surface area contributed by atoms with Crippen molar-refractivity contribution < 1.29 is 23.1 Å². The van der Waals surface area contributed by atoms with Crippen molar-refractivity contribution in [1.82, 2.24) is 0 Å². The third-order valence-electron chi connectivity index (χ3n) is 0.586. The van der Waals surface area contributed by atoms with Gasteiger partial charge in [0.2, 0.25) is 0 Å². The van der Waals surface area contributed by atoms with Gasteiger partial charge in [-0.15, -0.1) is 6.42 Å². The summed E-state index contributed by atoms with van der Waals surface area (Å²) in [7, 11) is 0. The van der Waals surface area contributed by atoms with Gasteiger partial charge in [-0.05, 0) is 0 Å². The molecule has 0 unspecified atom stereocenters. The minimum Gasteiger partial charge on any atom is -1.00 e. The van der Waals surface area contributed by atoms with Crippen LogP contribution in [0.1, 0.15) is 7.85 Å². The zero-order valence-corrected chi connectivity index (χ0v) is 7.00. The molecule has 0 aromatic heterocycles. The van der Waals surface area contributed by atoms with E-state index in [1.165, 1.54) is 0 Å². The van der Waals surface area contributed by atoms with Crippen LogP contribution in [-0.2, 0) is 21.7 Å². The molecule has 44 valence electrons. The van der Waals surface area contributed by atoms with E-state index in [2.05, 4.69) is 12.2 Å². The summed E-state index contributed by atoms with van der Waals surface area (Å²) in [6.07, 6.45) is 10.0. The van der Waals surface area contributed by atoms with E-state index < -0.39 is 0 Å². The first kappa shape index (κ1) is 15.7. The quantitative estimate of drug-likeness (QED) is 0.361. The Morgan fingerprint density at radius 1 is 1.38 bits per heavy atom. The summed E-state index contributed by atoms with van der Waals surface area (Å²) in [5.74, 6) is 0. The van der Waals surface area contributed by atoms with Gasteiger partial charge in [0.1, 0.15) is 0 Å². The molecule has 1 rings (SSSR count). The maximum absolute atomic E-state index is 2.99. The van der Waals surface area contributed by atoms with Crippen molar-refractivity contribution >= 4 is 0 Å². The van der Waals surface area contributed by atoms with Crippen molar-refractivity contribution in [1.29, 1.82) is 0 Å². The molecule has 0 fully saturated rings. The van der Waals surface area contributed by atoms with Gasteiger partial charge in [-0.25, -0.2) is 12.2 Å². The fraction of sp³-hybridized carbons (Fsp3) is 0.143. The molecule has 0 amide bonds. The Bertz CT molecular complexity index is 67.0. The molecule has 0 bridgehead atoms. The minimum absolute atomic E-state index is 0. The second kappa shape index (κ2) is 10.2. The zero-order valence-electron chi connectivity index (χ0n) is 6.44. The smallest absolute Gasteiger partial charge is 1.00 e. The molecule has 1 aliphatic rings. The van der Waals surface area contributed by atoms with Crippen molar-refractivity contribution in [3.8, 4) is 0 Å². The molecule has 0 nitrogen and oxygen atoms in total. The monoisotopic (exact) mass is 144 g/mol. The summed E-state index contributed by atoms with van der Waals surface area (Å²) in [6.45, 7) is 0. The van der Waals surface area contributed by atoms with Crippen molar-refractivity contribution in [2.45, 2.75) is 6.42 Å². The Morgan fingerprint density at radius 2 is 2.00 bits per heavy atom. The standard InChI is InChI=1S/C5H5.2CH3.Ti.H/c1-2-4-5-3-1;;;;/h1-3H,4H2;2*1H3;;/q3*-1;+4;-1. The number of hydrogen-bond acceptors (Lipinski definition) is 0. The van der Waals surface area contributed by atoms with Gasteiger partial charge in [0.05, 0.1) is 0 Å². The molecule has 0 saturated carbocycles. The number of allylic oxidation sites excluding steroid dienone is 4. The van der Waals surface area contributed by atoms with Crippen LogP contribution in [0.3, 0.4) is 0 Å². The van der Waals surface area contributed by atoms with Crippen LogP contribution in [0.15, 0.2) is 18.2 Å². The van der Waals surface area contributed by atoms with E-state index in [1.54, 1.807) is 0 Å². The molecule has 0 atom stereocenters. The van der Waals surface area contributed by atoms with Gasteiger partial charge < -0.3 is 16.3 Å². The van der Waals surface area contributed by atoms with E-state index in [0.717, 1.165) is 6.42 Å². The molecule has 8 heavy (non-hydrogen) atoms. The summed E-state index contributed by atoms with van der Waals surface area (Å²) < 4.78 is 0. The fourth-order valence-corrected chi connectivity index (χ4v) is 0.340. The largest absolute Gasteiger partial charge is 4.00 e. The first-order valence-corrected chi connectivity index (χ1v) is 1.72. The summed E-state index contributed by atoms with van der Waals surface area (Å²) in [5, 5.41) is 0. The van der Waals surface area contributed by atoms with Gasteiger partial charge in [0.15, 0.2) is 0 Å². The predicted octanol–water partition coefficient (Wildman–Crippen LogP) is 2.32. The summed E-state index contributed by atoms with van der Waals surface area (Å²) >= 11 is 0. The normalized spacial score (nSPS) is 11.0. The van der Waals surface area contributed by atoms with Gasteiger partial charge in [-0.1, -0.05) is 0 Å². The van der Waals surface area contributed by atoms with Crippen LogP contribution >= 0.6 is 0 Å². The van der Waals surface area contributed by atoms with Gasteiger partial charge in [0.25, 0.3) is 0 Å². The van der Waals surface area contributed by atoms with Crippen LogP contribution < -0.4 is 0 Å². The van der Waals surface area contributed by atoms with Crippen molar-refractivity contribution in [3.05, 3.63) is 39.2 Å². The van der Waals surface area contributed by atoms with E-state index >= 15 is 0 Å². The van der Waals surface area contributed by atoms with E-state index in [4.69, 9.17) is 0 Å². The van der Waals surface area contributed by atoms with Crippen LogP contribution in [-0.4, -0.2) is 0 Å². The maximum Gasteiger partial charge on any atom is 4.00 e. The Labute approximate surface area is 69.0 Å². The molecule has 0 radical (unpaired) electrons. The van der Waals surface area contributed by atoms with Gasteiger partial charge in [0, 0.05) is 0 Å². The van der Waals surface area contributed by atoms with E-state index in [1.807, 2.05) is 12.2 Å². The van der Waals surface area contributed by atoms with E-state index in [-0.39, 0.29) is 38.0 Å². The van der Waals surface area contributed by atoms with Crippen LogP contribution in [0.4, 0.5) is 0 Å². The van der Waals surface area contributed by atoms with Gasteiger partial charge in [-0.3, -0.25) is 6.08 Å². The molecule has 0 aromatic rings. The summed E-state index contributed by atoms with van der Waals surface area (Å²) in [6, 6.07) is 0. The number of hydrogen-bond donors (Lipinski definition) is 0. The average molecular weight is 144 g/mol. The zero-order chi connectivity index (χ0) is 3.54. The molecule has 0 N–H and O–H groups in total. The molecular formula is C7H12Ti. The Kier molecular flexibility index (Phi) is 20.1. The topological polar surface area (TPSA) is 0 Å². The van der Waals surface area contributed by atoms with Crippen LogP contribution in [0.25, 0.3) is 0 Å². The summed E-state index contributed by atoms with van der Waals surface area (Å²) in [5.41, 5.74) is 0. The van der Waals surface area contributed by atoms with Gasteiger partial charge in [-0.2, -0.15) is 6.08 Å². The molecule has 0 spiro atoms. The second-order valence-electron chi connectivity index (χ2n) is 1.00. The Hall–Kier alpha value is 0.194.